The van der Waals surface area contributed by atoms with E-state index in [1.165, 1.54) is 22.7 Å². The molecule has 2 aromatic carbocycles. The van der Waals surface area contributed by atoms with Crippen molar-refractivity contribution in [1.82, 2.24) is 10.3 Å². The number of nitrogens with one attached hydrogen (secondary N) is 3. The molecule has 0 aliphatic rings. The molecule has 34 heavy (non-hydrogen) atoms. The van der Waals surface area contributed by atoms with Crippen LogP contribution in [0.4, 0.5) is 10.8 Å². The number of benzene rings is 2. The Morgan fingerprint density at radius 3 is 2.44 bits per heavy atom. The van der Waals surface area contributed by atoms with Crippen LogP contribution in [0.3, 0.4) is 0 Å². The van der Waals surface area contributed by atoms with Crippen molar-refractivity contribution >= 4 is 48.9 Å². The van der Waals surface area contributed by atoms with Gasteiger partial charge in [-0.1, -0.05) is 41.5 Å². The third kappa shape index (κ3) is 6.12. The Morgan fingerprint density at radius 2 is 1.76 bits per heavy atom. The lowest BCUT2D eigenvalue weighted by molar-refractivity contribution is 0.103. The van der Waals surface area contributed by atoms with E-state index in [1.54, 1.807) is 0 Å². The number of thiazole rings is 1. The Hall–Kier alpha value is -3.42. The van der Waals surface area contributed by atoms with Gasteiger partial charge in [0.25, 0.3) is 5.91 Å². The second kappa shape index (κ2) is 11.6. The maximum absolute atomic E-state index is 12.7. The summed E-state index contributed by atoms with van der Waals surface area (Å²) in [7, 11) is 0. The van der Waals surface area contributed by atoms with Gasteiger partial charge in [-0.15, -0.1) is 17.8 Å². The number of hydrogen-bond donors (Lipinski definition) is 4. The molecule has 1 amide bonds. The number of hydrogen-bond acceptors (Lipinski definition) is 8. The second-order valence-corrected chi connectivity index (χ2v) is 9.31. The van der Waals surface area contributed by atoms with Crippen molar-refractivity contribution in [3.63, 3.8) is 0 Å². The molecular formula is C25H24N4O3S2. The summed E-state index contributed by atoms with van der Waals surface area (Å²) in [5.74, 6) is 3.03. The van der Waals surface area contributed by atoms with E-state index >= 15 is 0 Å². The minimum absolute atomic E-state index is 0.125. The van der Waals surface area contributed by atoms with E-state index in [0.717, 1.165) is 43.8 Å². The van der Waals surface area contributed by atoms with Gasteiger partial charge in [0.15, 0.2) is 5.13 Å². The zero-order valence-electron chi connectivity index (χ0n) is 18.3. The molecule has 174 valence electrons. The highest BCUT2D eigenvalue weighted by Crippen LogP contribution is 2.33. The summed E-state index contributed by atoms with van der Waals surface area (Å²) >= 11 is 2.90. The Balaban J connectivity index is 1.33. The third-order valence-electron chi connectivity index (χ3n) is 4.83. The zero-order chi connectivity index (χ0) is 23.8. The highest BCUT2D eigenvalue weighted by molar-refractivity contribution is 7.29. The molecule has 0 atom stereocenters. The number of aliphatic hydroxyl groups is 1. The number of ether oxygens (including phenoxy) is 1. The van der Waals surface area contributed by atoms with Crippen molar-refractivity contribution in [3.8, 4) is 29.2 Å². The second-order valence-electron chi connectivity index (χ2n) is 7.25. The van der Waals surface area contributed by atoms with Crippen molar-refractivity contribution in [2.45, 2.75) is 0 Å². The van der Waals surface area contributed by atoms with Crippen LogP contribution in [0, 0.1) is 12.3 Å². The van der Waals surface area contributed by atoms with Crippen LogP contribution < -0.4 is 20.7 Å². The fourth-order valence-electron chi connectivity index (χ4n) is 3.19. The molecule has 4 N–H and O–H groups in total. The van der Waals surface area contributed by atoms with Gasteiger partial charge >= 0.3 is 0 Å². The van der Waals surface area contributed by atoms with Gasteiger partial charge in [0.05, 0.1) is 16.2 Å². The number of aliphatic hydroxyl groups excluding tert-OH is 1. The molecule has 4 rings (SSSR count). The average Bonchev–Trinajstić information content (AvgIpc) is 3.43. The van der Waals surface area contributed by atoms with E-state index in [4.69, 9.17) is 16.3 Å². The largest absolute Gasteiger partial charge is 0.481 e. The molecule has 0 unspecified atom stereocenters. The summed E-state index contributed by atoms with van der Waals surface area (Å²) < 4.78 is 6.38. The molecule has 9 heteroatoms. The normalized spacial score (nSPS) is 10.7. The van der Waals surface area contributed by atoms with Gasteiger partial charge in [0, 0.05) is 25.3 Å². The van der Waals surface area contributed by atoms with E-state index in [-0.39, 0.29) is 19.1 Å². The van der Waals surface area contributed by atoms with Crippen LogP contribution in [0.1, 0.15) is 9.67 Å². The van der Waals surface area contributed by atoms with E-state index < -0.39 is 0 Å². The maximum atomic E-state index is 12.7. The lowest BCUT2D eigenvalue weighted by atomic mass is 10.1. The highest BCUT2D eigenvalue weighted by atomic mass is 32.1. The van der Waals surface area contributed by atoms with Crippen LogP contribution in [0.2, 0.25) is 0 Å². The number of thiophene rings is 1. The summed E-state index contributed by atoms with van der Waals surface area (Å²) in [6, 6.07) is 17.3. The summed E-state index contributed by atoms with van der Waals surface area (Å²) in [5.41, 5.74) is 2.81. The lowest BCUT2D eigenvalue weighted by Gasteiger charge is -2.07. The first-order valence-corrected chi connectivity index (χ1v) is 12.3. The van der Waals surface area contributed by atoms with E-state index in [9.17, 15) is 4.79 Å². The van der Waals surface area contributed by atoms with Crippen molar-refractivity contribution in [2.24, 2.45) is 0 Å². The minimum Gasteiger partial charge on any atom is -0.481 e. The van der Waals surface area contributed by atoms with Crippen molar-refractivity contribution in [1.29, 1.82) is 0 Å². The molecule has 2 heterocycles. The molecule has 0 saturated heterocycles. The van der Waals surface area contributed by atoms with E-state index in [2.05, 4.69) is 26.9 Å². The molecule has 0 radical (unpaired) electrons. The first-order valence-electron chi connectivity index (χ1n) is 10.7. The number of aromatic nitrogens is 1. The van der Waals surface area contributed by atoms with Crippen molar-refractivity contribution in [2.75, 3.05) is 43.5 Å². The van der Waals surface area contributed by atoms with Crippen LogP contribution in [0.15, 0.2) is 54.6 Å². The summed E-state index contributed by atoms with van der Waals surface area (Å²) in [6.07, 6.45) is 5.21. The molecule has 0 bridgehead atoms. The number of carbonyl (C=O) groups excluding carboxylic acids is 1. The summed E-state index contributed by atoms with van der Waals surface area (Å²) in [5, 5.41) is 18.9. The van der Waals surface area contributed by atoms with Crippen LogP contribution >= 0.6 is 22.7 Å². The van der Waals surface area contributed by atoms with Gasteiger partial charge in [-0.25, -0.2) is 4.98 Å². The molecule has 4 aromatic rings. The van der Waals surface area contributed by atoms with E-state index in [0.29, 0.717) is 18.0 Å². The Kier molecular flexibility index (Phi) is 8.12. The fourth-order valence-corrected chi connectivity index (χ4v) is 5.23. The Bertz CT molecular complexity index is 1240. The number of amides is 1. The fraction of sp³-hybridized carbons (Fsp3) is 0.200. The smallest absolute Gasteiger partial charge is 0.265 e. The molecule has 0 aliphatic heterocycles. The van der Waals surface area contributed by atoms with Gasteiger partial charge in [0.2, 0.25) is 0 Å². The predicted molar refractivity (Wildman–Crippen MR) is 140 cm³/mol. The third-order valence-corrected chi connectivity index (χ3v) is 6.95. The molecule has 0 spiro atoms. The number of anilines is 2. The molecule has 7 nitrogen and oxygen atoms in total. The Labute approximate surface area is 205 Å². The van der Waals surface area contributed by atoms with Gasteiger partial charge in [0.1, 0.15) is 17.2 Å². The number of nitrogens with zero attached hydrogens (tertiary/aromatic N) is 1. The summed E-state index contributed by atoms with van der Waals surface area (Å²) in [4.78, 5) is 18.7. The zero-order valence-corrected chi connectivity index (χ0v) is 20.0. The monoisotopic (exact) mass is 492 g/mol. The number of rotatable bonds is 11. The molecule has 0 fully saturated rings. The number of carbonyl (C=O) groups is 1. The maximum Gasteiger partial charge on any atom is 0.265 e. The van der Waals surface area contributed by atoms with Gasteiger partial charge in [-0.2, -0.15) is 0 Å². The van der Waals surface area contributed by atoms with Gasteiger partial charge in [-0.3, -0.25) is 4.79 Å². The first-order chi connectivity index (χ1) is 16.7. The van der Waals surface area contributed by atoms with E-state index in [1.807, 2.05) is 54.6 Å². The molecule has 0 saturated carbocycles. The van der Waals surface area contributed by atoms with Gasteiger partial charge < -0.3 is 25.8 Å². The van der Waals surface area contributed by atoms with Crippen LogP contribution in [0.25, 0.3) is 20.7 Å². The van der Waals surface area contributed by atoms with Crippen LogP contribution in [-0.4, -0.2) is 48.8 Å². The lowest BCUT2D eigenvalue weighted by Crippen LogP contribution is -2.24. The predicted octanol–water partition coefficient (Wildman–Crippen LogP) is 4.28. The van der Waals surface area contributed by atoms with Gasteiger partial charge in [-0.05, 0) is 41.5 Å². The topological polar surface area (TPSA) is 95.5 Å². The van der Waals surface area contributed by atoms with Crippen LogP contribution in [0.5, 0.6) is 5.75 Å². The molecule has 0 aliphatic carbocycles. The average molecular weight is 493 g/mol. The highest BCUT2D eigenvalue weighted by Gasteiger charge is 2.14. The minimum atomic E-state index is -0.152. The Morgan fingerprint density at radius 1 is 1.03 bits per heavy atom. The molecular weight excluding hydrogens is 468 g/mol. The number of fused-ring (bicyclic) bond motifs is 1. The SMILES string of the molecule is C#CCOc1ccc(-c2ccc(NC(=O)c3cc4sc(NCCNCCO)nc4s3)cc2)cc1. The first kappa shape index (κ1) is 23.7. The molecule has 2 aromatic heterocycles. The van der Waals surface area contributed by atoms with Crippen molar-refractivity contribution < 1.29 is 14.6 Å². The number of terminal acetylenes is 1. The standard InChI is InChI=1S/C25H24N4O3S2/c1-2-15-32-20-9-5-18(6-10-20)17-3-7-19(8-4-17)28-23(31)21-16-22-24(33-21)29-25(34-22)27-12-11-26-13-14-30/h1,3-10,16,26,30H,11-15H2,(H,27,29)(H,28,31). The van der Waals surface area contributed by atoms with Crippen LogP contribution in [-0.2, 0) is 0 Å². The van der Waals surface area contributed by atoms with Crippen molar-refractivity contribution in [3.05, 3.63) is 59.5 Å². The summed E-state index contributed by atoms with van der Waals surface area (Å²) in [6.45, 7) is 2.40. The quantitative estimate of drug-likeness (QED) is 0.184.